The van der Waals surface area contributed by atoms with E-state index in [0.717, 1.165) is 11.1 Å². The van der Waals surface area contributed by atoms with Crippen molar-refractivity contribution in [3.63, 3.8) is 0 Å². The highest BCUT2D eigenvalue weighted by atomic mass is 16.5. The SMILES string of the molecule is C[C@H](O)c1nccn1[C@H](CN)c1cc(-c2ccc(C#CC3(C)COC3)cc2)on1. The number of nitrogens with two attached hydrogens (primary N) is 1. The summed E-state index contributed by atoms with van der Waals surface area (Å²) in [5.74, 6) is 7.67. The van der Waals surface area contributed by atoms with Crippen molar-refractivity contribution < 1.29 is 14.4 Å². The zero-order valence-corrected chi connectivity index (χ0v) is 16.5. The molecule has 3 heterocycles. The Morgan fingerprint density at radius 2 is 2.07 bits per heavy atom. The first-order valence-electron chi connectivity index (χ1n) is 9.58. The number of hydrogen-bond donors (Lipinski definition) is 2. The molecule has 1 aliphatic heterocycles. The van der Waals surface area contributed by atoms with Crippen molar-refractivity contribution in [2.45, 2.75) is 26.0 Å². The third kappa shape index (κ3) is 3.96. The quantitative estimate of drug-likeness (QED) is 0.648. The van der Waals surface area contributed by atoms with Gasteiger partial charge in [0.15, 0.2) is 5.76 Å². The number of aliphatic hydroxyl groups excluding tert-OH is 1. The number of rotatable bonds is 5. The Balaban J connectivity index is 1.54. The van der Waals surface area contributed by atoms with Gasteiger partial charge in [-0.1, -0.05) is 17.0 Å². The van der Waals surface area contributed by atoms with Gasteiger partial charge in [-0.05, 0) is 38.1 Å². The third-order valence-corrected chi connectivity index (χ3v) is 5.02. The molecular weight excluding hydrogens is 368 g/mol. The van der Waals surface area contributed by atoms with E-state index in [-0.39, 0.29) is 11.5 Å². The standard InChI is InChI=1S/C22H24N4O3/c1-15(27)21-24-9-10-26(21)19(12-23)18-11-20(29-25-18)17-5-3-16(4-6-17)7-8-22(2)13-28-14-22/h3-6,9-11,15,19,27H,12-14,23H2,1-2H3/t15-,19+/m0/s1. The molecule has 1 saturated heterocycles. The molecule has 150 valence electrons. The van der Waals surface area contributed by atoms with Crippen molar-refractivity contribution >= 4 is 0 Å². The van der Waals surface area contributed by atoms with E-state index in [1.54, 1.807) is 19.3 Å². The molecular formula is C22H24N4O3. The molecule has 4 rings (SSSR count). The van der Waals surface area contributed by atoms with Crippen molar-refractivity contribution in [3.8, 4) is 23.2 Å². The number of ether oxygens (including phenoxy) is 1. The first kappa shape index (κ1) is 19.4. The molecule has 0 aliphatic carbocycles. The smallest absolute Gasteiger partial charge is 0.167 e. The van der Waals surface area contributed by atoms with E-state index < -0.39 is 6.10 Å². The second-order valence-electron chi connectivity index (χ2n) is 7.62. The normalized spacial score (nSPS) is 17.1. The lowest BCUT2D eigenvalue weighted by Crippen LogP contribution is -2.38. The second-order valence-corrected chi connectivity index (χ2v) is 7.62. The van der Waals surface area contributed by atoms with Crippen molar-refractivity contribution in [2.75, 3.05) is 19.8 Å². The highest BCUT2D eigenvalue weighted by Crippen LogP contribution is 2.27. The minimum absolute atomic E-state index is 0.0337. The molecule has 3 aromatic rings. The molecule has 0 bridgehead atoms. The summed E-state index contributed by atoms with van der Waals surface area (Å²) in [5.41, 5.74) is 8.48. The zero-order chi connectivity index (χ0) is 20.4. The molecule has 0 amide bonds. The van der Waals surface area contributed by atoms with Gasteiger partial charge in [-0.25, -0.2) is 4.98 Å². The van der Waals surface area contributed by atoms with Crippen LogP contribution in [0.3, 0.4) is 0 Å². The maximum atomic E-state index is 9.92. The van der Waals surface area contributed by atoms with Crippen molar-refractivity contribution in [3.05, 3.63) is 59.8 Å². The van der Waals surface area contributed by atoms with Crippen LogP contribution >= 0.6 is 0 Å². The Morgan fingerprint density at radius 1 is 1.31 bits per heavy atom. The topological polar surface area (TPSA) is 99.3 Å². The van der Waals surface area contributed by atoms with Gasteiger partial charge in [0.05, 0.1) is 24.7 Å². The van der Waals surface area contributed by atoms with Gasteiger partial charge < -0.3 is 24.7 Å². The van der Waals surface area contributed by atoms with Crippen LogP contribution < -0.4 is 5.73 Å². The molecule has 29 heavy (non-hydrogen) atoms. The monoisotopic (exact) mass is 392 g/mol. The number of aromatic nitrogens is 3. The van der Waals surface area contributed by atoms with Crippen LogP contribution in [0.15, 0.2) is 47.2 Å². The Hall–Kier alpha value is -2.92. The van der Waals surface area contributed by atoms with Gasteiger partial charge in [-0.2, -0.15) is 0 Å². The maximum Gasteiger partial charge on any atom is 0.167 e. The highest BCUT2D eigenvalue weighted by Gasteiger charge is 2.31. The van der Waals surface area contributed by atoms with E-state index in [1.165, 1.54) is 0 Å². The van der Waals surface area contributed by atoms with Crippen molar-refractivity contribution in [1.82, 2.24) is 14.7 Å². The summed E-state index contributed by atoms with van der Waals surface area (Å²) in [4.78, 5) is 4.21. The van der Waals surface area contributed by atoms with Crippen LogP contribution in [0.2, 0.25) is 0 Å². The summed E-state index contributed by atoms with van der Waals surface area (Å²) >= 11 is 0. The molecule has 0 spiro atoms. The molecule has 0 saturated carbocycles. The van der Waals surface area contributed by atoms with Crippen LogP contribution in [-0.2, 0) is 4.74 Å². The summed E-state index contributed by atoms with van der Waals surface area (Å²) < 4.78 is 12.6. The predicted octanol–water partition coefficient (Wildman–Crippen LogP) is 2.53. The van der Waals surface area contributed by atoms with E-state index >= 15 is 0 Å². The van der Waals surface area contributed by atoms with Crippen LogP contribution in [0.1, 0.15) is 43.1 Å². The Bertz CT molecular complexity index is 1040. The minimum atomic E-state index is -0.701. The van der Waals surface area contributed by atoms with Gasteiger partial charge in [0.2, 0.25) is 0 Å². The molecule has 1 fully saturated rings. The number of nitrogens with zero attached hydrogens (tertiary/aromatic N) is 3. The van der Waals surface area contributed by atoms with Gasteiger partial charge in [-0.15, -0.1) is 0 Å². The molecule has 3 N–H and O–H groups in total. The summed E-state index contributed by atoms with van der Waals surface area (Å²) in [5, 5.41) is 14.1. The summed E-state index contributed by atoms with van der Waals surface area (Å²) in [6.45, 7) is 5.46. The van der Waals surface area contributed by atoms with Crippen LogP contribution in [0.4, 0.5) is 0 Å². The third-order valence-electron chi connectivity index (χ3n) is 5.02. The fourth-order valence-electron chi connectivity index (χ4n) is 3.29. The molecule has 0 radical (unpaired) electrons. The van der Waals surface area contributed by atoms with Crippen molar-refractivity contribution in [1.29, 1.82) is 0 Å². The first-order chi connectivity index (χ1) is 14.0. The maximum absolute atomic E-state index is 9.92. The molecule has 0 unspecified atom stereocenters. The molecule has 2 atom stereocenters. The largest absolute Gasteiger partial charge is 0.385 e. The summed E-state index contributed by atoms with van der Waals surface area (Å²) in [6.07, 6.45) is 2.73. The molecule has 1 aliphatic rings. The van der Waals surface area contributed by atoms with E-state index in [4.69, 9.17) is 15.0 Å². The first-order valence-corrected chi connectivity index (χ1v) is 9.58. The Morgan fingerprint density at radius 3 is 2.69 bits per heavy atom. The zero-order valence-electron chi connectivity index (χ0n) is 16.5. The number of hydrogen-bond acceptors (Lipinski definition) is 6. The van der Waals surface area contributed by atoms with Crippen LogP contribution in [0.5, 0.6) is 0 Å². The van der Waals surface area contributed by atoms with Gasteiger partial charge >= 0.3 is 0 Å². The Labute approximate surface area is 169 Å². The van der Waals surface area contributed by atoms with Crippen molar-refractivity contribution in [2.24, 2.45) is 11.1 Å². The average Bonchev–Trinajstić information content (AvgIpc) is 3.36. The van der Waals surface area contributed by atoms with E-state index in [9.17, 15) is 5.11 Å². The Kier molecular flexibility index (Phi) is 5.24. The molecule has 7 nitrogen and oxygen atoms in total. The fourth-order valence-corrected chi connectivity index (χ4v) is 3.29. The van der Waals surface area contributed by atoms with E-state index in [2.05, 4.69) is 28.9 Å². The molecule has 2 aromatic heterocycles. The highest BCUT2D eigenvalue weighted by molar-refractivity contribution is 5.59. The van der Waals surface area contributed by atoms with Gasteiger partial charge in [0.1, 0.15) is 17.6 Å². The van der Waals surface area contributed by atoms with E-state index in [0.29, 0.717) is 37.0 Å². The number of benzene rings is 1. The lowest BCUT2D eigenvalue weighted by atomic mass is 9.89. The average molecular weight is 392 g/mol. The number of aliphatic hydroxyl groups is 1. The lowest BCUT2D eigenvalue weighted by Gasteiger charge is -2.32. The summed E-state index contributed by atoms with van der Waals surface area (Å²) in [6, 6.07) is 9.46. The van der Waals surface area contributed by atoms with Crippen LogP contribution in [-0.4, -0.2) is 39.6 Å². The molecule has 7 heteroatoms. The van der Waals surface area contributed by atoms with E-state index in [1.807, 2.05) is 34.9 Å². The van der Waals surface area contributed by atoms with Gasteiger partial charge in [0.25, 0.3) is 0 Å². The molecule has 1 aromatic carbocycles. The summed E-state index contributed by atoms with van der Waals surface area (Å²) in [7, 11) is 0. The fraction of sp³-hybridized carbons (Fsp3) is 0.364. The lowest BCUT2D eigenvalue weighted by molar-refractivity contribution is -0.0648. The van der Waals surface area contributed by atoms with Crippen LogP contribution in [0.25, 0.3) is 11.3 Å². The predicted molar refractivity (Wildman–Crippen MR) is 108 cm³/mol. The minimum Gasteiger partial charge on any atom is -0.385 e. The van der Waals surface area contributed by atoms with Crippen LogP contribution in [0, 0.1) is 17.3 Å². The van der Waals surface area contributed by atoms with Gasteiger partial charge in [0, 0.05) is 36.1 Å². The second kappa shape index (κ2) is 7.84. The number of imidazole rings is 1. The van der Waals surface area contributed by atoms with Gasteiger partial charge in [-0.3, -0.25) is 0 Å².